The Morgan fingerprint density at radius 2 is 2.12 bits per heavy atom. The summed E-state index contributed by atoms with van der Waals surface area (Å²) < 4.78 is 16.6. The molecule has 1 aromatic carbocycles. The van der Waals surface area contributed by atoms with Crippen molar-refractivity contribution in [2.24, 2.45) is 0 Å². The molecule has 0 radical (unpaired) electrons. The van der Waals surface area contributed by atoms with E-state index in [4.69, 9.17) is 26.4 Å². The van der Waals surface area contributed by atoms with Crippen LogP contribution in [0, 0.1) is 0 Å². The molecule has 0 aliphatic carbocycles. The van der Waals surface area contributed by atoms with Gasteiger partial charge in [0.2, 0.25) is 0 Å². The van der Waals surface area contributed by atoms with E-state index in [-0.39, 0.29) is 6.61 Å². The Bertz CT molecular complexity index is 693. The van der Waals surface area contributed by atoms with Crippen LogP contribution in [0.15, 0.2) is 33.9 Å². The fourth-order valence-corrected chi connectivity index (χ4v) is 3.26. The van der Waals surface area contributed by atoms with Gasteiger partial charge in [0.1, 0.15) is 12.4 Å². The number of ether oxygens (including phenoxy) is 3. The number of methoxy groups -OCH3 is 1. The summed E-state index contributed by atoms with van der Waals surface area (Å²) in [5, 5.41) is 6.57. The van der Waals surface area contributed by atoms with Gasteiger partial charge in [0.25, 0.3) is 0 Å². The van der Waals surface area contributed by atoms with E-state index >= 15 is 0 Å². The SMILES string of the molecule is CCOc1ccc([C@H]2NC(=S)NC(C)=C2C(=O)OCCOC)cc1Br. The number of esters is 1. The Hall–Kier alpha value is -1.64. The maximum absolute atomic E-state index is 12.5. The standard InChI is InChI=1S/C17H21BrN2O4S/c1-4-23-13-6-5-11(9-12(13)18)15-14(10(2)19-17(25)20-15)16(21)24-8-7-22-3/h5-6,9,15H,4,7-8H2,1-3H3,(H2,19,20,25)/t15-/m1/s1. The lowest BCUT2D eigenvalue weighted by atomic mass is 9.95. The van der Waals surface area contributed by atoms with Gasteiger partial charge in [-0.1, -0.05) is 6.07 Å². The van der Waals surface area contributed by atoms with Crippen LogP contribution in [0.1, 0.15) is 25.5 Å². The van der Waals surface area contributed by atoms with Crippen molar-refractivity contribution in [3.05, 3.63) is 39.5 Å². The molecular formula is C17H21BrN2O4S. The van der Waals surface area contributed by atoms with Crippen LogP contribution in [0.5, 0.6) is 5.75 Å². The number of thiocarbonyl (C=S) groups is 1. The number of carbonyl (C=O) groups excluding carboxylic acids is 1. The largest absolute Gasteiger partial charge is 0.493 e. The number of benzene rings is 1. The van der Waals surface area contributed by atoms with Crippen LogP contribution in [-0.4, -0.2) is 38.0 Å². The molecule has 0 saturated carbocycles. The summed E-state index contributed by atoms with van der Waals surface area (Å²) in [7, 11) is 1.56. The molecule has 0 bridgehead atoms. The molecule has 2 N–H and O–H groups in total. The first-order chi connectivity index (χ1) is 12.0. The molecule has 1 aromatic rings. The molecule has 25 heavy (non-hydrogen) atoms. The number of hydrogen-bond acceptors (Lipinski definition) is 5. The Labute approximate surface area is 161 Å². The zero-order valence-corrected chi connectivity index (χ0v) is 16.8. The number of allylic oxidation sites excluding steroid dienone is 1. The van der Waals surface area contributed by atoms with E-state index in [0.717, 1.165) is 15.8 Å². The molecule has 0 fully saturated rings. The van der Waals surface area contributed by atoms with Gasteiger partial charge in [0, 0.05) is 12.8 Å². The van der Waals surface area contributed by atoms with Crippen LogP contribution in [0.3, 0.4) is 0 Å². The van der Waals surface area contributed by atoms with Gasteiger partial charge in [-0.2, -0.15) is 0 Å². The van der Waals surface area contributed by atoms with E-state index < -0.39 is 12.0 Å². The van der Waals surface area contributed by atoms with Gasteiger partial charge in [0.15, 0.2) is 5.11 Å². The Balaban J connectivity index is 2.32. The smallest absolute Gasteiger partial charge is 0.338 e. The molecule has 0 saturated heterocycles. The second-order valence-corrected chi connectivity index (χ2v) is 6.58. The van der Waals surface area contributed by atoms with E-state index in [1.807, 2.05) is 25.1 Å². The number of carbonyl (C=O) groups is 1. The van der Waals surface area contributed by atoms with E-state index in [0.29, 0.717) is 29.6 Å². The molecule has 0 spiro atoms. The van der Waals surface area contributed by atoms with Crippen LogP contribution in [-0.2, 0) is 14.3 Å². The first kappa shape index (κ1) is 19.7. The molecule has 0 unspecified atom stereocenters. The molecule has 1 aliphatic rings. The summed E-state index contributed by atoms with van der Waals surface area (Å²) in [6, 6.07) is 5.26. The van der Waals surface area contributed by atoms with Crippen LogP contribution in [0.25, 0.3) is 0 Å². The summed E-state index contributed by atoms with van der Waals surface area (Å²) in [4.78, 5) is 12.5. The van der Waals surface area contributed by atoms with E-state index in [1.165, 1.54) is 0 Å². The highest BCUT2D eigenvalue weighted by atomic mass is 79.9. The third-order valence-corrected chi connectivity index (χ3v) is 4.44. The van der Waals surface area contributed by atoms with Crippen molar-refractivity contribution in [1.29, 1.82) is 0 Å². The third-order valence-electron chi connectivity index (χ3n) is 3.60. The maximum atomic E-state index is 12.5. The third kappa shape index (κ3) is 4.93. The first-order valence-electron chi connectivity index (χ1n) is 7.84. The van der Waals surface area contributed by atoms with Crippen LogP contribution in [0.2, 0.25) is 0 Å². The van der Waals surface area contributed by atoms with E-state index in [9.17, 15) is 4.79 Å². The summed E-state index contributed by atoms with van der Waals surface area (Å²) >= 11 is 8.74. The summed E-state index contributed by atoms with van der Waals surface area (Å²) in [6.07, 6.45) is 0. The predicted octanol–water partition coefficient (Wildman–Crippen LogP) is 2.83. The summed E-state index contributed by atoms with van der Waals surface area (Å²) in [5.74, 6) is 0.333. The van der Waals surface area contributed by atoms with Crippen molar-refractivity contribution in [2.75, 3.05) is 26.9 Å². The van der Waals surface area contributed by atoms with Gasteiger partial charge in [0.05, 0.1) is 29.3 Å². The normalized spacial score (nSPS) is 17.0. The zero-order chi connectivity index (χ0) is 18.4. The quantitative estimate of drug-likeness (QED) is 0.393. The molecule has 6 nitrogen and oxygen atoms in total. The minimum absolute atomic E-state index is 0.191. The lowest BCUT2D eigenvalue weighted by molar-refractivity contribution is -0.140. The molecule has 2 rings (SSSR count). The topological polar surface area (TPSA) is 68.8 Å². The monoisotopic (exact) mass is 428 g/mol. The molecule has 1 atom stereocenters. The van der Waals surface area contributed by atoms with Gasteiger partial charge in [-0.15, -0.1) is 0 Å². The maximum Gasteiger partial charge on any atom is 0.338 e. The van der Waals surface area contributed by atoms with Crippen LogP contribution < -0.4 is 15.4 Å². The number of nitrogens with one attached hydrogen (secondary N) is 2. The lowest BCUT2D eigenvalue weighted by Crippen LogP contribution is -2.45. The van der Waals surface area contributed by atoms with Crippen molar-refractivity contribution in [2.45, 2.75) is 19.9 Å². The van der Waals surface area contributed by atoms with Crippen molar-refractivity contribution < 1.29 is 19.0 Å². The van der Waals surface area contributed by atoms with Crippen molar-refractivity contribution in [3.63, 3.8) is 0 Å². The zero-order valence-electron chi connectivity index (χ0n) is 14.3. The molecule has 8 heteroatoms. The van der Waals surface area contributed by atoms with Gasteiger partial charge in [-0.05, 0) is 59.7 Å². The van der Waals surface area contributed by atoms with E-state index in [1.54, 1.807) is 14.0 Å². The molecule has 1 heterocycles. The number of rotatable bonds is 7. The highest BCUT2D eigenvalue weighted by molar-refractivity contribution is 9.10. The van der Waals surface area contributed by atoms with Gasteiger partial charge in [-0.25, -0.2) is 4.79 Å². The van der Waals surface area contributed by atoms with Gasteiger partial charge in [-0.3, -0.25) is 0 Å². The molecule has 0 amide bonds. The second kappa shape index (κ2) is 9.17. The van der Waals surface area contributed by atoms with Gasteiger partial charge < -0.3 is 24.8 Å². The second-order valence-electron chi connectivity index (χ2n) is 5.32. The molecular weight excluding hydrogens is 408 g/mol. The van der Waals surface area contributed by atoms with Crippen LogP contribution in [0.4, 0.5) is 0 Å². The molecule has 1 aliphatic heterocycles. The Kier molecular flexibility index (Phi) is 7.22. The fourth-order valence-electron chi connectivity index (χ4n) is 2.48. The average molecular weight is 429 g/mol. The fraction of sp³-hybridized carbons (Fsp3) is 0.412. The predicted molar refractivity (Wildman–Crippen MR) is 102 cm³/mol. The van der Waals surface area contributed by atoms with Gasteiger partial charge >= 0.3 is 5.97 Å². The van der Waals surface area contributed by atoms with Crippen LogP contribution >= 0.6 is 28.1 Å². The summed E-state index contributed by atoms with van der Waals surface area (Å²) in [5.41, 5.74) is 2.03. The van der Waals surface area contributed by atoms with Crippen molar-refractivity contribution in [1.82, 2.24) is 10.6 Å². The minimum Gasteiger partial charge on any atom is -0.493 e. The minimum atomic E-state index is -0.410. The molecule has 136 valence electrons. The lowest BCUT2D eigenvalue weighted by Gasteiger charge is -2.30. The number of hydrogen-bond donors (Lipinski definition) is 2. The number of halogens is 1. The highest BCUT2D eigenvalue weighted by Gasteiger charge is 2.31. The van der Waals surface area contributed by atoms with Crippen molar-refractivity contribution >= 4 is 39.2 Å². The highest BCUT2D eigenvalue weighted by Crippen LogP contribution is 2.33. The first-order valence-corrected chi connectivity index (χ1v) is 9.04. The Morgan fingerprint density at radius 1 is 1.36 bits per heavy atom. The van der Waals surface area contributed by atoms with E-state index in [2.05, 4.69) is 26.6 Å². The van der Waals surface area contributed by atoms with Crippen molar-refractivity contribution in [3.8, 4) is 5.75 Å². The average Bonchev–Trinajstić information content (AvgIpc) is 2.56. The Morgan fingerprint density at radius 3 is 2.76 bits per heavy atom. The molecule has 0 aromatic heterocycles. The summed E-state index contributed by atoms with van der Waals surface area (Å²) in [6.45, 7) is 4.83.